The van der Waals surface area contributed by atoms with Gasteiger partial charge in [0, 0.05) is 33.1 Å². The predicted octanol–water partition coefficient (Wildman–Crippen LogP) is 1.13. The highest BCUT2D eigenvalue weighted by Crippen LogP contribution is 2.11. The molecule has 0 bridgehead atoms. The van der Waals surface area contributed by atoms with Crippen molar-refractivity contribution in [1.82, 2.24) is 20.0 Å². The Morgan fingerprint density at radius 3 is 2.40 bits per heavy atom. The molecule has 1 aliphatic rings. The van der Waals surface area contributed by atoms with Gasteiger partial charge in [0.25, 0.3) is 0 Å². The summed E-state index contributed by atoms with van der Waals surface area (Å²) < 4.78 is 10.7. The van der Waals surface area contributed by atoms with Gasteiger partial charge in [-0.1, -0.05) is 18.2 Å². The van der Waals surface area contributed by atoms with Gasteiger partial charge in [-0.2, -0.15) is 0 Å². The summed E-state index contributed by atoms with van der Waals surface area (Å²) in [6.07, 6.45) is 0.311. The second kappa shape index (κ2) is 7.78. The van der Waals surface area contributed by atoms with Crippen LogP contribution in [0, 0.1) is 6.92 Å². The number of hydrogen-bond acceptors (Lipinski definition) is 6. The van der Waals surface area contributed by atoms with Crippen LogP contribution in [-0.2, 0) is 4.79 Å². The standard InChI is InChI=1S/C17H20N4O4/c1-13-18-19-16(25-13)17(23)21-10-8-20(9-11-21)15(22)7-12-24-14-5-3-2-4-6-14/h2-6H,7-12H2,1H3. The molecule has 8 nitrogen and oxygen atoms in total. The molecule has 0 saturated carbocycles. The Bertz CT molecular complexity index is 723. The molecule has 1 aromatic heterocycles. The van der Waals surface area contributed by atoms with Crippen LogP contribution in [0.4, 0.5) is 0 Å². The van der Waals surface area contributed by atoms with Crippen molar-refractivity contribution >= 4 is 11.8 Å². The van der Waals surface area contributed by atoms with Crippen LogP contribution in [0.2, 0.25) is 0 Å². The molecule has 2 aromatic rings. The molecule has 1 aromatic carbocycles. The van der Waals surface area contributed by atoms with Gasteiger partial charge >= 0.3 is 11.8 Å². The zero-order valence-electron chi connectivity index (χ0n) is 14.1. The topological polar surface area (TPSA) is 88.8 Å². The van der Waals surface area contributed by atoms with Crippen molar-refractivity contribution in [3.05, 3.63) is 42.1 Å². The summed E-state index contributed by atoms with van der Waals surface area (Å²) in [5.41, 5.74) is 0. The van der Waals surface area contributed by atoms with E-state index in [4.69, 9.17) is 9.15 Å². The van der Waals surface area contributed by atoms with Crippen LogP contribution in [0.5, 0.6) is 5.75 Å². The maximum atomic E-state index is 12.2. The predicted molar refractivity (Wildman–Crippen MR) is 88.1 cm³/mol. The molecule has 0 N–H and O–H groups in total. The number of aromatic nitrogens is 2. The highest BCUT2D eigenvalue weighted by Gasteiger charge is 2.27. The number of hydrogen-bond donors (Lipinski definition) is 0. The Morgan fingerprint density at radius 1 is 1.08 bits per heavy atom. The van der Waals surface area contributed by atoms with Gasteiger partial charge in [-0.05, 0) is 12.1 Å². The number of benzene rings is 1. The number of carbonyl (C=O) groups is 2. The third-order valence-electron chi connectivity index (χ3n) is 3.96. The van der Waals surface area contributed by atoms with E-state index < -0.39 is 0 Å². The largest absolute Gasteiger partial charge is 0.493 e. The molecule has 8 heteroatoms. The van der Waals surface area contributed by atoms with Gasteiger partial charge in [0.1, 0.15) is 5.75 Å². The zero-order chi connectivity index (χ0) is 17.6. The molecule has 1 aliphatic heterocycles. The van der Waals surface area contributed by atoms with E-state index in [9.17, 15) is 9.59 Å². The van der Waals surface area contributed by atoms with Gasteiger partial charge in [-0.15, -0.1) is 10.2 Å². The van der Waals surface area contributed by atoms with Crippen molar-refractivity contribution in [2.24, 2.45) is 0 Å². The summed E-state index contributed by atoms with van der Waals surface area (Å²) in [6.45, 7) is 3.85. The highest BCUT2D eigenvalue weighted by molar-refractivity contribution is 5.89. The number of piperazine rings is 1. The Hall–Kier alpha value is -2.90. The molecule has 25 heavy (non-hydrogen) atoms. The van der Waals surface area contributed by atoms with Crippen LogP contribution < -0.4 is 4.74 Å². The van der Waals surface area contributed by atoms with E-state index in [1.54, 1.807) is 16.7 Å². The molecule has 2 amide bonds. The highest BCUT2D eigenvalue weighted by atomic mass is 16.5. The molecule has 0 unspecified atom stereocenters. The van der Waals surface area contributed by atoms with Gasteiger partial charge in [0.2, 0.25) is 11.8 Å². The summed E-state index contributed by atoms with van der Waals surface area (Å²) in [7, 11) is 0. The average Bonchev–Trinajstić information content (AvgIpc) is 3.08. The third kappa shape index (κ3) is 4.34. The number of rotatable bonds is 5. The fraction of sp³-hybridized carbons (Fsp3) is 0.412. The smallest absolute Gasteiger partial charge is 0.311 e. The van der Waals surface area contributed by atoms with Gasteiger partial charge in [-0.3, -0.25) is 9.59 Å². The van der Waals surface area contributed by atoms with Crippen molar-refractivity contribution in [2.75, 3.05) is 32.8 Å². The molecule has 0 spiro atoms. The lowest BCUT2D eigenvalue weighted by Crippen LogP contribution is -2.50. The second-order valence-corrected chi connectivity index (χ2v) is 5.71. The van der Waals surface area contributed by atoms with Crippen LogP contribution in [-0.4, -0.2) is 64.6 Å². The van der Waals surface area contributed by atoms with E-state index in [1.165, 1.54) is 0 Å². The Morgan fingerprint density at radius 2 is 1.76 bits per heavy atom. The van der Waals surface area contributed by atoms with Crippen LogP contribution in [0.25, 0.3) is 0 Å². The number of aryl methyl sites for hydroxylation is 1. The quantitative estimate of drug-likeness (QED) is 0.808. The zero-order valence-corrected chi connectivity index (χ0v) is 14.1. The van der Waals surface area contributed by atoms with Crippen molar-refractivity contribution < 1.29 is 18.7 Å². The number of para-hydroxylation sites is 1. The molecule has 1 saturated heterocycles. The fourth-order valence-electron chi connectivity index (χ4n) is 2.61. The van der Waals surface area contributed by atoms with E-state index in [-0.39, 0.29) is 17.7 Å². The van der Waals surface area contributed by atoms with E-state index in [2.05, 4.69) is 10.2 Å². The number of carbonyl (C=O) groups excluding carboxylic acids is 2. The SMILES string of the molecule is Cc1nnc(C(=O)N2CCN(C(=O)CCOc3ccccc3)CC2)o1. The number of amides is 2. The van der Waals surface area contributed by atoms with Gasteiger partial charge in [-0.25, -0.2) is 0 Å². The summed E-state index contributed by atoms with van der Waals surface area (Å²) in [5.74, 6) is 0.835. The lowest BCUT2D eigenvalue weighted by atomic mass is 10.2. The van der Waals surface area contributed by atoms with Crippen molar-refractivity contribution in [3.63, 3.8) is 0 Å². The van der Waals surface area contributed by atoms with Crippen molar-refractivity contribution in [1.29, 1.82) is 0 Å². The molecule has 3 rings (SSSR count). The molecular weight excluding hydrogens is 324 g/mol. The monoisotopic (exact) mass is 344 g/mol. The number of ether oxygens (including phenoxy) is 1. The average molecular weight is 344 g/mol. The summed E-state index contributed by atoms with van der Waals surface area (Å²) in [4.78, 5) is 27.8. The third-order valence-corrected chi connectivity index (χ3v) is 3.96. The van der Waals surface area contributed by atoms with E-state index >= 15 is 0 Å². The first kappa shape index (κ1) is 16.9. The first-order chi connectivity index (χ1) is 12.1. The summed E-state index contributed by atoms with van der Waals surface area (Å²) in [5, 5.41) is 7.40. The summed E-state index contributed by atoms with van der Waals surface area (Å²) >= 11 is 0. The van der Waals surface area contributed by atoms with Crippen LogP contribution in [0.15, 0.2) is 34.7 Å². The lowest BCUT2D eigenvalue weighted by molar-refractivity contribution is -0.133. The lowest BCUT2D eigenvalue weighted by Gasteiger charge is -2.34. The summed E-state index contributed by atoms with van der Waals surface area (Å²) in [6, 6.07) is 9.40. The maximum absolute atomic E-state index is 12.2. The molecule has 0 radical (unpaired) electrons. The van der Waals surface area contributed by atoms with E-state index in [0.717, 1.165) is 5.75 Å². The molecular formula is C17H20N4O4. The Balaban J connectivity index is 1.42. The first-order valence-corrected chi connectivity index (χ1v) is 8.18. The van der Waals surface area contributed by atoms with Gasteiger partial charge in [0.15, 0.2) is 0 Å². The molecule has 0 atom stereocenters. The van der Waals surface area contributed by atoms with E-state index in [0.29, 0.717) is 45.1 Å². The van der Waals surface area contributed by atoms with Crippen LogP contribution in [0.1, 0.15) is 23.0 Å². The molecule has 0 aliphatic carbocycles. The first-order valence-electron chi connectivity index (χ1n) is 8.18. The van der Waals surface area contributed by atoms with Crippen molar-refractivity contribution in [3.8, 4) is 5.75 Å². The Kier molecular flexibility index (Phi) is 5.27. The molecule has 2 heterocycles. The fourth-order valence-corrected chi connectivity index (χ4v) is 2.61. The minimum Gasteiger partial charge on any atom is -0.493 e. The normalized spacial score (nSPS) is 14.4. The number of nitrogens with zero attached hydrogens (tertiary/aromatic N) is 4. The van der Waals surface area contributed by atoms with Crippen molar-refractivity contribution in [2.45, 2.75) is 13.3 Å². The van der Waals surface area contributed by atoms with Crippen LogP contribution in [0.3, 0.4) is 0 Å². The Labute approximate surface area is 145 Å². The molecule has 1 fully saturated rings. The molecule has 132 valence electrons. The minimum absolute atomic E-state index is 0.00598. The van der Waals surface area contributed by atoms with E-state index in [1.807, 2.05) is 30.3 Å². The maximum Gasteiger partial charge on any atom is 0.311 e. The van der Waals surface area contributed by atoms with Gasteiger partial charge in [0.05, 0.1) is 13.0 Å². The van der Waals surface area contributed by atoms with Gasteiger partial charge < -0.3 is 19.0 Å². The minimum atomic E-state index is -0.292. The van der Waals surface area contributed by atoms with Crippen LogP contribution >= 0.6 is 0 Å². The second-order valence-electron chi connectivity index (χ2n) is 5.71.